The number of hydrogen-bond acceptors (Lipinski definition) is 3. The van der Waals surface area contributed by atoms with Crippen molar-refractivity contribution in [3.63, 3.8) is 0 Å². The van der Waals surface area contributed by atoms with Crippen molar-refractivity contribution in [2.24, 2.45) is 0 Å². The Labute approximate surface area is 97.2 Å². The third-order valence-electron chi connectivity index (χ3n) is 1.98. The van der Waals surface area contributed by atoms with E-state index in [4.69, 9.17) is 0 Å². The Kier molecular flexibility index (Phi) is 3.22. The Morgan fingerprint density at radius 3 is 2.50 bits per heavy atom. The van der Waals surface area contributed by atoms with E-state index in [0.717, 1.165) is 17.3 Å². The first-order valence-electron chi connectivity index (χ1n) is 4.72. The van der Waals surface area contributed by atoms with Crippen LogP contribution in [0, 0.1) is 0 Å². The van der Waals surface area contributed by atoms with Gasteiger partial charge in [-0.2, -0.15) is 0 Å². The maximum absolute atomic E-state index is 11.2. The number of carbonyl (C=O) groups is 2. The molecule has 3 nitrogen and oxygen atoms in total. The number of thioether (sulfide) groups is 1. The predicted octanol–water partition coefficient (Wildman–Crippen LogP) is 2.57. The van der Waals surface area contributed by atoms with Gasteiger partial charge in [0.15, 0.2) is 0 Å². The topological polar surface area (TPSA) is 46.2 Å². The fourth-order valence-electron chi connectivity index (χ4n) is 1.25. The molecule has 2 rings (SSSR count). The molecule has 0 aromatic heterocycles. The van der Waals surface area contributed by atoms with Crippen LogP contribution in [0.1, 0.15) is 5.56 Å². The highest BCUT2D eigenvalue weighted by molar-refractivity contribution is 8.18. The Morgan fingerprint density at radius 2 is 1.88 bits per heavy atom. The van der Waals surface area contributed by atoms with Crippen molar-refractivity contribution in [1.29, 1.82) is 0 Å². The van der Waals surface area contributed by atoms with Crippen molar-refractivity contribution >= 4 is 29.0 Å². The smallest absolute Gasteiger partial charge is 0.282 e. The highest BCUT2D eigenvalue weighted by atomic mass is 32.2. The monoisotopic (exact) mass is 231 g/mol. The lowest BCUT2D eigenvalue weighted by Gasteiger charge is -1.89. The Hall–Kier alpha value is -1.81. The summed E-state index contributed by atoms with van der Waals surface area (Å²) in [4.78, 5) is 22.5. The van der Waals surface area contributed by atoms with E-state index in [1.807, 2.05) is 36.4 Å². The van der Waals surface area contributed by atoms with Gasteiger partial charge in [0.1, 0.15) is 0 Å². The first-order chi connectivity index (χ1) is 7.75. The fourth-order valence-corrected chi connectivity index (χ4v) is 1.88. The van der Waals surface area contributed by atoms with E-state index in [2.05, 4.69) is 5.32 Å². The number of nitrogens with one attached hydrogen (secondary N) is 1. The zero-order valence-corrected chi connectivity index (χ0v) is 9.16. The largest absolute Gasteiger partial charge is 0.290 e. The van der Waals surface area contributed by atoms with Gasteiger partial charge in [-0.3, -0.25) is 14.9 Å². The second kappa shape index (κ2) is 4.81. The summed E-state index contributed by atoms with van der Waals surface area (Å²) in [5.41, 5.74) is 1.05. The van der Waals surface area contributed by atoms with Gasteiger partial charge in [0, 0.05) is 0 Å². The molecule has 1 N–H and O–H groups in total. The molecule has 1 aromatic rings. The Balaban J connectivity index is 2.07. The fraction of sp³-hybridized carbons (Fsp3) is 0. The van der Waals surface area contributed by atoms with E-state index >= 15 is 0 Å². The van der Waals surface area contributed by atoms with Crippen molar-refractivity contribution in [1.82, 2.24) is 5.32 Å². The van der Waals surface area contributed by atoms with E-state index in [-0.39, 0.29) is 11.1 Å². The van der Waals surface area contributed by atoms with Gasteiger partial charge in [0.25, 0.3) is 11.1 Å². The highest BCUT2D eigenvalue weighted by Gasteiger charge is 2.24. The minimum Gasteiger partial charge on any atom is -0.282 e. The molecule has 1 aliphatic heterocycles. The minimum atomic E-state index is -0.326. The number of allylic oxidation sites excluding steroid dienone is 2. The van der Waals surface area contributed by atoms with Crippen LogP contribution >= 0.6 is 11.8 Å². The molecule has 80 valence electrons. The molecular weight excluding hydrogens is 222 g/mol. The predicted molar refractivity (Wildman–Crippen MR) is 64.7 cm³/mol. The third-order valence-corrected chi connectivity index (χ3v) is 2.81. The van der Waals surface area contributed by atoms with Crippen LogP contribution in [0.5, 0.6) is 0 Å². The molecule has 1 fully saturated rings. The molecule has 1 aromatic carbocycles. The van der Waals surface area contributed by atoms with Crippen LogP contribution in [0.4, 0.5) is 4.79 Å². The van der Waals surface area contributed by atoms with Crippen LogP contribution in [-0.4, -0.2) is 11.1 Å². The first-order valence-corrected chi connectivity index (χ1v) is 5.54. The molecule has 4 heteroatoms. The van der Waals surface area contributed by atoms with Crippen molar-refractivity contribution in [2.75, 3.05) is 0 Å². The summed E-state index contributed by atoms with van der Waals surface area (Å²) in [6.07, 6.45) is 5.28. The number of hydrogen-bond donors (Lipinski definition) is 1. The molecule has 0 aliphatic carbocycles. The third kappa shape index (κ3) is 2.61. The minimum absolute atomic E-state index is 0.315. The number of carbonyl (C=O) groups excluding carboxylic acids is 2. The standard InChI is InChI=1S/C12H9NO2S/c14-11-10(16-12(15)13-11)8-4-7-9-5-2-1-3-6-9/h1-8H,(H,13,14,15)/b7-4+,10-8+. The number of amides is 2. The van der Waals surface area contributed by atoms with E-state index in [9.17, 15) is 9.59 Å². The number of benzene rings is 1. The van der Waals surface area contributed by atoms with Crippen LogP contribution in [0.25, 0.3) is 6.08 Å². The average molecular weight is 231 g/mol. The second-order valence-corrected chi connectivity index (χ2v) is 4.16. The normalized spacial score (nSPS) is 18.4. The molecule has 2 amide bonds. The lowest BCUT2D eigenvalue weighted by molar-refractivity contribution is -0.115. The van der Waals surface area contributed by atoms with E-state index in [1.165, 1.54) is 0 Å². The van der Waals surface area contributed by atoms with Crippen LogP contribution in [-0.2, 0) is 4.79 Å². The summed E-state index contributed by atoms with van der Waals surface area (Å²) < 4.78 is 0. The van der Waals surface area contributed by atoms with Crippen LogP contribution in [0.3, 0.4) is 0 Å². The molecule has 0 atom stereocenters. The van der Waals surface area contributed by atoms with Gasteiger partial charge in [0.05, 0.1) is 4.91 Å². The molecule has 0 saturated carbocycles. The van der Waals surface area contributed by atoms with E-state index in [1.54, 1.807) is 12.2 Å². The Morgan fingerprint density at radius 1 is 1.12 bits per heavy atom. The zero-order valence-electron chi connectivity index (χ0n) is 8.34. The van der Waals surface area contributed by atoms with E-state index < -0.39 is 0 Å². The van der Waals surface area contributed by atoms with Gasteiger partial charge in [-0.05, 0) is 23.4 Å². The molecule has 1 saturated heterocycles. The molecule has 1 heterocycles. The summed E-state index contributed by atoms with van der Waals surface area (Å²) >= 11 is 0.919. The maximum Gasteiger partial charge on any atom is 0.290 e. The van der Waals surface area contributed by atoms with Crippen molar-refractivity contribution in [3.05, 3.63) is 53.0 Å². The molecule has 1 aliphatic rings. The molecule has 0 unspecified atom stereocenters. The number of imide groups is 1. The van der Waals surface area contributed by atoms with Crippen LogP contribution in [0.15, 0.2) is 47.4 Å². The maximum atomic E-state index is 11.2. The van der Waals surface area contributed by atoms with Crippen molar-refractivity contribution in [2.45, 2.75) is 0 Å². The quantitative estimate of drug-likeness (QED) is 0.796. The summed E-state index contributed by atoms with van der Waals surface area (Å²) in [5.74, 6) is -0.326. The second-order valence-electron chi connectivity index (χ2n) is 3.14. The van der Waals surface area contributed by atoms with E-state index in [0.29, 0.717) is 4.91 Å². The zero-order chi connectivity index (χ0) is 11.4. The van der Waals surface area contributed by atoms with Gasteiger partial charge in [0.2, 0.25) is 0 Å². The SMILES string of the molecule is O=C1NC(=O)/C(=C\C=C\c2ccccc2)S1. The lowest BCUT2D eigenvalue weighted by Crippen LogP contribution is -2.17. The van der Waals surface area contributed by atoms with Crippen LogP contribution < -0.4 is 5.32 Å². The van der Waals surface area contributed by atoms with Gasteiger partial charge < -0.3 is 0 Å². The van der Waals surface area contributed by atoms with Crippen LogP contribution in [0.2, 0.25) is 0 Å². The van der Waals surface area contributed by atoms with Gasteiger partial charge in [-0.25, -0.2) is 0 Å². The summed E-state index contributed by atoms with van der Waals surface area (Å²) in [6.45, 7) is 0. The lowest BCUT2D eigenvalue weighted by atomic mass is 10.2. The number of rotatable bonds is 2. The Bertz CT molecular complexity index is 477. The molecule has 16 heavy (non-hydrogen) atoms. The molecule has 0 bridgehead atoms. The van der Waals surface area contributed by atoms with Crippen molar-refractivity contribution in [3.8, 4) is 0 Å². The van der Waals surface area contributed by atoms with Gasteiger partial charge in [-0.15, -0.1) is 0 Å². The van der Waals surface area contributed by atoms with Crippen molar-refractivity contribution < 1.29 is 9.59 Å². The summed E-state index contributed by atoms with van der Waals surface area (Å²) in [5, 5.41) is 1.88. The summed E-state index contributed by atoms with van der Waals surface area (Å²) in [7, 11) is 0. The van der Waals surface area contributed by atoms with Gasteiger partial charge in [-0.1, -0.05) is 42.5 Å². The highest BCUT2D eigenvalue weighted by Crippen LogP contribution is 2.22. The molecule has 0 spiro atoms. The average Bonchev–Trinajstić information content (AvgIpc) is 2.59. The van der Waals surface area contributed by atoms with Gasteiger partial charge >= 0.3 is 0 Å². The summed E-state index contributed by atoms with van der Waals surface area (Å²) in [6, 6.07) is 9.74. The molecular formula is C12H9NO2S. The molecule has 0 radical (unpaired) electrons. The first kappa shape index (κ1) is 10.7.